The normalized spacial score (nSPS) is 23.5. The highest BCUT2D eigenvalue weighted by molar-refractivity contribution is 5.77. The Hall–Kier alpha value is -1.39. The molecular weight excluding hydrogens is 230 g/mol. The molecule has 2 unspecified atom stereocenters. The maximum absolute atomic E-state index is 11.8. The fourth-order valence-corrected chi connectivity index (χ4v) is 2.77. The molecule has 1 aliphatic carbocycles. The lowest BCUT2D eigenvalue weighted by molar-refractivity contribution is -0.157. The number of aliphatic hydroxyl groups excluding tert-OH is 1. The number of ether oxygens (including phenoxy) is 1. The largest absolute Gasteiger partial charge is 0.464 e. The standard InChI is InChI=1S/C14H19NO3/c1-2-18-13(17)12(16)14(9-15)8-7-10-5-3-4-6-11(10)14/h3-6,12,16H,2,7-9,15H2,1H3. The molecule has 0 aliphatic heterocycles. The van der Waals surface area contributed by atoms with Gasteiger partial charge in [-0.1, -0.05) is 24.3 Å². The monoisotopic (exact) mass is 249 g/mol. The molecule has 1 aliphatic rings. The maximum atomic E-state index is 11.8. The van der Waals surface area contributed by atoms with Crippen molar-refractivity contribution in [2.75, 3.05) is 13.2 Å². The molecule has 2 rings (SSSR count). The van der Waals surface area contributed by atoms with Gasteiger partial charge in [0.1, 0.15) is 0 Å². The van der Waals surface area contributed by atoms with Crippen molar-refractivity contribution in [1.82, 2.24) is 0 Å². The third-order valence-corrected chi connectivity index (χ3v) is 3.79. The van der Waals surface area contributed by atoms with Crippen LogP contribution in [-0.2, 0) is 21.4 Å². The Morgan fingerprint density at radius 3 is 2.94 bits per heavy atom. The van der Waals surface area contributed by atoms with E-state index in [0.717, 1.165) is 17.5 Å². The van der Waals surface area contributed by atoms with Crippen LogP contribution in [0.3, 0.4) is 0 Å². The summed E-state index contributed by atoms with van der Waals surface area (Å²) < 4.78 is 4.91. The van der Waals surface area contributed by atoms with Gasteiger partial charge in [0.15, 0.2) is 6.10 Å². The Labute approximate surface area is 107 Å². The number of hydrogen-bond donors (Lipinski definition) is 2. The van der Waals surface area contributed by atoms with Crippen molar-refractivity contribution in [3.05, 3.63) is 35.4 Å². The summed E-state index contributed by atoms with van der Waals surface area (Å²) in [4.78, 5) is 11.8. The molecule has 2 atom stereocenters. The van der Waals surface area contributed by atoms with Gasteiger partial charge in [-0.3, -0.25) is 0 Å². The minimum absolute atomic E-state index is 0.240. The van der Waals surface area contributed by atoms with Gasteiger partial charge in [0.2, 0.25) is 0 Å². The molecule has 1 aromatic carbocycles. The molecule has 4 heteroatoms. The molecule has 18 heavy (non-hydrogen) atoms. The van der Waals surface area contributed by atoms with E-state index < -0.39 is 17.5 Å². The fraction of sp³-hybridized carbons (Fsp3) is 0.500. The number of esters is 1. The number of benzene rings is 1. The number of fused-ring (bicyclic) bond motifs is 1. The van der Waals surface area contributed by atoms with Gasteiger partial charge in [-0.05, 0) is 30.9 Å². The van der Waals surface area contributed by atoms with Crippen molar-refractivity contribution < 1.29 is 14.6 Å². The Morgan fingerprint density at radius 2 is 2.28 bits per heavy atom. The van der Waals surface area contributed by atoms with E-state index in [1.807, 2.05) is 24.3 Å². The number of nitrogens with two attached hydrogens (primary N) is 1. The zero-order chi connectivity index (χ0) is 13.2. The first-order chi connectivity index (χ1) is 8.65. The van der Waals surface area contributed by atoms with Crippen LogP contribution in [0.4, 0.5) is 0 Å². The summed E-state index contributed by atoms with van der Waals surface area (Å²) >= 11 is 0. The molecule has 4 nitrogen and oxygen atoms in total. The zero-order valence-corrected chi connectivity index (χ0v) is 10.6. The van der Waals surface area contributed by atoms with Gasteiger partial charge in [-0.2, -0.15) is 0 Å². The molecule has 0 saturated heterocycles. The van der Waals surface area contributed by atoms with Crippen LogP contribution in [0.5, 0.6) is 0 Å². The lowest BCUT2D eigenvalue weighted by Gasteiger charge is -2.32. The van der Waals surface area contributed by atoms with Crippen LogP contribution >= 0.6 is 0 Å². The molecule has 0 heterocycles. The lowest BCUT2D eigenvalue weighted by Crippen LogP contribution is -2.49. The molecule has 0 bridgehead atoms. The SMILES string of the molecule is CCOC(=O)C(O)C1(CN)CCc2ccccc21. The number of aryl methyl sites for hydroxylation is 1. The van der Waals surface area contributed by atoms with Gasteiger partial charge in [0.05, 0.1) is 6.61 Å². The number of carbonyl (C=O) groups excluding carboxylic acids is 1. The zero-order valence-electron chi connectivity index (χ0n) is 10.6. The van der Waals surface area contributed by atoms with Crippen molar-refractivity contribution >= 4 is 5.97 Å². The first-order valence-corrected chi connectivity index (χ1v) is 6.29. The second-order valence-electron chi connectivity index (χ2n) is 4.67. The highest BCUT2D eigenvalue weighted by Gasteiger charge is 2.47. The van der Waals surface area contributed by atoms with E-state index in [4.69, 9.17) is 10.5 Å². The van der Waals surface area contributed by atoms with Crippen molar-refractivity contribution in [3.63, 3.8) is 0 Å². The van der Waals surface area contributed by atoms with Gasteiger partial charge >= 0.3 is 5.97 Å². The second kappa shape index (κ2) is 5.08. The van der Waals surface area contributed by atoms with Gasteiger partial charge in [0.25, 0.3) is 0 Å². The Morgan fingerprint density at radius 1 is 1.56 bits per heavy atom. The predicted molar refractivity (Wildman–Crippen MR) is 68.1 cm³/mol. The molecule has 3 N–H and O–H groups in total. The molecule has 0 radical (unpaired) electrons. The first kappa shape index (κ1) is 13.1. The van der Waals surface area contributed by atoms with Gasteiger partial charge < -0.3 is 15.6 Å². The molecule has 0 spiro atoms. The van der Waals surface area contributed by atoms with Gasteiger partial charge in [-0.15, -0.1) is 0 Å². The molecule has 1 aromatic rings. The summed E-state index contributed by atoms with van der Waals surface area (Å²) in [7, 11) is 0. The minimum atomic E-state index is -1.19. The highest BCUT2D eigenvalue weighted by atomic mass is 16.5. The summed E-state index contributed by atoms with van der Waals surface area (Å²) in [5, 5.41) is 10.3. The lowest BCUT2D eigenvalue weighted by atomic mass is 9.76. The maximum Gasteiger partial charge on any atom is 0.335 e. The van der Waals surface area contributed by atoms with Crippen LogP contribution in [0.1, 0.15) is 24.5 Å². The molecule has 98 valence electrons. The van der Waals surface area contributed by atoms with Crippen molar-refractivity contribution in [1.29, 1.82) is 0 Å². The van der Waals surface area contributed by atoms with Crippen LogP contribution < -0.4 is 5.73 Å². The summed E-state index contributed by atoms with van der Waals surface area (Å²) in [5.41, 5.74) is 7.30. The number of hydrogen-bond acceptors (Lipinski definition) is 4. The van der Waals surface area contributed by atoms with E-state index >= 15 is 0 Å². The number of rotatable bonds is 4. The van der Waals surface area contributed by atoms with Crippen molar-refractivity contribution in [3.8, 4) is 0 Å². The van der Waals surface area contributed by atoms with E-state index in [1.54, 1.807) is 6.92 Å². The minimum Gasteiger partial charge on any atom is -0.464 e. The van der Waals surface area contributed by atoms with Crippen molar-refractivity contribution in [2.45, 2.75) is 31.3 Å². The summed E-state index contributed by atoms with van der Waals surface area (Å²) in [5.74, 6) is -0.584. The smallest absolute Gasteiger partial charge is 0.335 e. The Kier molecular flexibility index (Phi) is 3.68. The van der Waals surface area contributed by atoms with Crippen LogP contribution in [0.2, 0.25) is 0 Å². The topological polar surface area (TPSA) is 72.5 Å². The predicted octanol–water partition coefficient (Wildman–Crippen LogP) is 0.753. The third kappa shape index (κ3) is 1.91. The van der Waals surface area contributed by atoms with Crippen LogP contribution in [-0.4, -0.2) is 30.3 Å². The summed E-state index contributed by atoms with van der Waals surface area (Å²) in [6.45, 7) is 2.23. The van der Waals surface area contributed by atoms with E-state index in [-0.39, 0.29) is 13.2 Å². The summed E-state index contributed by atoms with van der Waals surface area (Å²) in [6.07, 6.45) is 0.332. The van der Waals surface area contributed by atoms with Crippen LogP contribution in [0.15, 0.2) is 24.3 Å². The Balaban J connectivity index is 2.36. The molecule has 0 amide bonds. The van der Waals surface area contributed by atoms with E-state index in [1.165, 1.54) is 0 Å². The van der Waals surface area contributed by atoms with E-state index in [0.29, 0.717) is 6.42 Å². The molecule has 0 fully saturated rings. The molecular formula is C14H19NO3. The van der Waals surface area contributed by atoms with Crippen LogP contribution in [0, 0.1) is 0 Å². The van der Waals surface area contributed by atoms with E-state index in [9.17, 15) is 9.90 Å². The van der Waals surface area contributed by atoms with Gasteiger partial charge in [-0.25, -0.2) is 4.79 Å². The first-order valence-electron chi connectivity index (χ1n) is 6.29. The van der Waals surface area contributed by atoms with Crippen molar-refractivity contribution in [2.24, 2.45) is 5.73 Å². The number of carbonyl (C=O) groups is 1. The Bertz CT molecular complexity index is 446. The molecule has 0 saturated carbocycles. The fourth-order valence-electron chi connectivity index (χ4n) is 2.77. The van der Waals surface area contributed by atoms with Crippen LogP contribution in [0.25, 0.3) is 0 Å². The van der Waals surface area contributed by atoms with E-state index in [2.05, 4.69) is 0 Å². The summed E-state index contributed by atoms with van der Waals surface area (Å²) in [6, 6.07) is 7.83. The quantitative estimate of drug-likeness (QED) is 0.772. The van der Waals surface area contributed by atoms with Gasteiger partial charge in [0, 0.05) is 12.0 Å². The average Bonchev–Trinajstić information content (AvgIpc) is 2.78. The number of aliphatic hydroxyl groups is 1. The highest BCUT2D eigenvalue weighted by Crippen LogP contribution is 2.41. The molecule has 0 aromatic heterocycles. The second-order valence-corrected chi connectivity index (χ2v) is 4.67. The third-order valence-electron chi connectivity index (χ3n) is 3.79. The average molecular weight is 249 g/mol.